The van der Waals surface area contributed by atoms with E-state index < -0.39 is 0 Å². The van der Waals surface area contributed by atoms with Crippen molar-refractivity contribution in [3.63, 3.8) is 0 Å². The largest absolute Gasteiger partial charge is 0.283 e. The topological polar surface area (TPSA) is 36.9 Å². The van der Waals surface area contributed by atoms with E-state index in [1.807, 2.05) is 11.9 Å². The second kappa shape index (κ2) is 6.48. The second-order valence-electron chi connectivity index (χ2n) is 6.39. The van der Waals surface area contributed by atoms with Crippen molar-refractivity contribution < 1.29 is 4.39 Å². The SMILES string of the molecule is CN(Cc1c(F)cccc1Cl)Cn1[nH]c(C(C)(C)C)nc1=S. The van der Waals surface area contributed by atoms with Crippen LogP contribution in [0.1, 0.15) is 32.2 Å². The summed E-state index contributed by atoms with van der Waals surface area (Å²) in [6.07, 6.45) is 0. The Labute approximate surface area is 139 Å². The zero-order valence-corrected chi connectivity index (χ0v) is 14.7. The van der Waals surface area contributed by atoms with Crippen LogP contribution >= 0.6 is 23.8 Å². The van der Waals surface area contributed by atoms with Crippen molar-refractivity contribution in [3.8, 4) is 0 Å². The van der Waals surface area contributed by atoms with Crippen LogP contribution in [-0.2, 0) is 18.6 Å². The van der Waals surface area contributed by atoms with E-state index in [1.54, 1.807) is 16.8 Å². The third-order valence-electron chi connectivity index (χ3n) is 3.26. The molecule has 2 rings (SSSR count). The van der Waals surface area contributed by atoms with Crippen molar-refractivity contribution in [1.82, 2.24) is 19.7 Å². The fraction of sp³-hybridized carbons (Fsp3) is 0.467. The van der Waals surface area contributed by atoms with Gasteiger partial charge in [0.1, 0.15) is 11.6 Å². The summed E-state index contributed by atoms with van der Waals surface area (Å²) < 4.78 is 16.1. The van der Waals surface area contributed by atoms with Crippen LogP contribution < -0.4 is 0 Å². The number of aromatic nitrogens is 3. The summed E-state index contributed by atoms with van der Waals surface area (Å²) >= 11 is 11.3. The van der Waals surface area contributed by atoms with E-state index in [9.17, 15) is 4.39 Å². The van der Waals surface area contributed by atoms with Crippen molar-refractivity contribution >= 4 is 23.8 Å². The molecule has 7 heteroatoms. The molecule has 0 aliphatic carbocycles. The number of aromatic amines is 1. The fourth-order valence-electron chi connectivity index (χ4n) is 2.03. The summed E-state index contributed by atoms with van der Waals surface area (Å²) in [6.45, 7) is 7.05. The molecule has 0 radical (unpaired) electrons. The van der Waals surface area contributed by atoms with Crippen LogP contribution in [0.2, 0.25) is 5.02 Å². The molecule has 2 aromatic rings. The van der Waals surface area contributed by atoms with Crippen LogP contribution in [0, 0.1) is 10.6 Å². The normalized spacial score (nSPS) is 12.1. The minimum absolute atomic E-state index is 0.105. The summed E-state index contributed by atoms with van der Waals surface area (Å²) in [4.78, 5) is 6.29. The predicted molar refractivity (Wildman–Crippen MR) is 89.0 cm³/mol. The number of rotatable bonds is 4. The number of hydrogen-bond acceptors (Lipinski definition) is 3. The highest BCUT2D eigenvalue weighted by molar-refractivity contribution is 7.71. The van der Waals surface area contributed by atoms with Crippen LogP contribution in [-0.4, -0.2) is 26.7 Å². The summed E-state index contributed by atoms with van der Waals surface area (Å²) in [6, 6.07) is 4.70. The number of nitrogens with zero attached hydrogens (tertiary/aromatic N) is 3. The van der Waals surface area contributed by atoms with Gasteiger partial charge in [-0.15, -0.1) is 0 Å². The first kappa shape index (κ1) is 17.1. The molecule has 4 nitrogen and oxygen atoms in total. The van der Waals surface area contributed by atoms with Gasteiger partial charge in [-0.3, -0.25) is 10.00 Å². The van der Waals surface area contributed by atoms with Gasteiger partial charge < -0.3 is 0 Å². The molecule has 0 bridgehead atoms. The lowest BCUT2D eigenvalue weighted by Crippen LogP contribution is -2.24. The van der Waals surface area contributed by atoms with E-state index in [0.717, 1.165) is 5.82 Å². The molecule has 0 spiro atoms. The van der Waals surface area contributed by atoms with Crippen LogP contribution in [0.25, 0.3) is 0 Å². The van der Waals surface area contributed by atoms with Crippen LogP contribution in [0.15, 0.2) is 18.2 Å². The van der Waals surface area contributed by atoms with Crippen LogP contribution in [0.4, 0.5) is 4.39 Å². The van der Waals surface area contributed by atoms with Crippen molar-refractivity contribution in [2.24, 2.45) is 0 Å². The van der Waals surface area contributed by atoms with Crippen molar-refractivity contribution in [2.75, 3.05) is 7.05 Å². The van der Waals surface area contributed by atoms with Gasteiger partial charge in [0.25, 0.3) is 0 Å². The van der Waals surface area contributed by atoms with Gasteiger partial charge in [-0.25, -0.2) is 14.1 Å². The monoisotopic (exact) mass is 342 g/mol. The quantitative estimate of drug-likeness (QED) is 0.849. The third-order valence-corrected chi connectivity index (χ3v) is 3.93. The molecule has 0 unspecified atom stereocenters. The first-order valence-corrected chi connectivity index (χ1v) is 7.76. The average molecular weight is 343 g/mol. The first-order valence-electron chi connectivity index (χ1n) is 6.97. The van der Waals surface area contributed by atoms with E-state index in [-0.39, 0.29) is 11.2 Å². The second-order valence-corrected chi connectivity index (χ2v) is 7.16. The molecule has 0 saturated carbocycles. The third kappa shape index (κ3) is 3.94. The maximum absolute atomic E-state index is 13.8. The Morgan fingerprint density at radius 3 is 2.64 bits per heavy atom. The zero-order valence-electron chi connectivity index (χ0n) is 13.2. The standard InChI is InChI=1S/C15H20ClFN4S/c1-15(2,3)13-18-14(22)21(19-13)9-20(4)8-10-11(16)6-5-7-12(10)17/h5-7H,8-9H2,1-4H3,(H,18,19,22). The molecule has 0 aliphatic heterocycles. The highest BCUT2D eigenvalue weighted by Crippen LogP contribution is 2.21. The van der Waals surface area contributed by atoms with Gasteiger partial charge in [-0.2, -0.15) is 0 Å². The summed E-state index contributed by atoms with van der Waals surface area (Å²) in [5, 5.41) is 3.63. The van der Waals surface area contributed by atoms with E-state index in [2.05, 4.69) is 30.9 Å². The molecule has 0 aliphatic rings. The maximum atomic E-state index is 13.8. The first-order chi connectivity index (χ1) is 10.2. The van der Waals surface area contributed by atoms with Crippen LogP contribution in [0.3, 0.4) is 0 Å². The van der Waals surface area contributed by atoms with Gasteiger partial charge in [0, 0.05) is 22.5 Å². The average Bonchev–Trinajstić information content (AvgIpc) is 2.76. The van der Waals surface area contributed by atoms with Crippen LogP contribution in [0.5, 0.6) is 0 Å². The van der Waals surface area contributed by atoms with Gasteiger partial charge in [-0.05, 0) is 31.4 Å². The molecule has 1 heterocycles. The number of halogens is 2. The van der Waals surface area contributed by atoms with E-state index in [1.165, 1.54) is 6.07 Å². The molecule has 0 atom stereocenters. The Kier molecular flexibility index (Phi) is 5.04. The minimum atomic E-state index is -0.303. The Hall–Kier alpha value is -1.24. The highest BCUT2D eigenvalue weighted by atomic mass is 35.5. The Balaban J connectivity index is 2.15. The Morgan fingerprint density at radius 1 is 1.41 bits per heavy atom. The van der Waals surface area contributed by atoms with E-state index >= 15 is 0 Å². The highest BCUT2D eigenvalue weighted by Gasteiger charge is 2.19. The lowest BCUT2D eigenvalue weighted by molar-refractivity contribution is 0.240. The smallest absolute Gasteiger partial charge is 0.217 e. The zero-order chi connectivity index (χ0) is 16.5. The number of hydrogen-bond donors (Lipinski definition) is 1. The number of H-pyrrole nitrogens is 1. The molecule has 0 amide bonds. The molecule has 0 fully saturated rings. The maximum Gasteiger partial charge on any atom is 0.217 e. The summed E-state index contributed by atoms with van der Waals surface area (Å²) in [5.41, 5.74) is 0.375. The molecule has 1 N–H and O–H groups in total. The minimum Gasteiger partial charge on any atom is -0.283 e. The van der Waals surface area contributed by atoms with Crippen molar-refractivity contribution in [1.29, 1.82) is 0 Å². The van der Waals surface area contributed by atoms with Gasteiger partial charge in [0.05, 0.1) is 6.67 Å². The molecular weight excluding hydrogens is 323 g/mol. The molecule has 1 aromatic heterocycles. The Morgan fingerprint density at radius 2 is 2.09 bits per heavy atom. The van der Waals surface area contributed by atoms with Crippen molar-refractivity contribution in [2.45, 2.75) is 39.4 Å². The van der Waals surface area contributed by atoms with E-state index in [4.69, 9.17) is 23.8 Å². The Bertz CT molecular complexity index is 697. The molecule has 22 heavy (non-hydrogen) atoms. The van der Waals surface area contributed by atoms with Gasteiger partial charge in [0.2, 0.25) is 4.77 Å². The summed E-state index contributed by atoms with van der Waals surface area (Å²) in [5.74, 6) is 0.526. The molecular formula is C15H20ClFN4S. The van der Waals surface area contributed by atoms with E-state index in [0.29, 0.717) is 28.6 Å². The van der Waals surface area contributed by atoms with Gasteiger partial charge in [0.15, 0.2) is 0 Å². The van der Waals surface area contributed by atoms with Crippen molar-refractivity contribution in [3.05, 3.63) is 45.2 Å². The molecule has 120 valence electrons. The summed E-state index contributed by atoms with van der Waals surface area (Å²) in [7, 11) is 1.88. The molecule has 0 saturated heterocycles. The van der Waals surface area contributed by atoms with Gasteiger partial charge >= 0.3 is 0 Å². The lowest BCUT2D eigenvalue weighted by atomic mass is 9.96. The molecule has 1 aromatic carbocycles. The van der Waals surface area contributed by atoms with Gasteiger partial charge in [-0.1, -0.05) is 38.4 Å². The lowest BCUT2D eigenvalue weighted by Gasteiger charge is -2.19. The number of benzene rings is 1. The fourth-order valence-corrected chi connectivity index (χ4v) is 2.45. The predicted octanol–water partition coefficient (Wildman–Crippen LogP) is 4.12. The number of nitrogens with one attached hydrogen (secondary N) is 1.